The Morgan fingerprint density at radius 3 is 2.52 bits per heavy atom. The summed E-state index contributed by atoms with van der Waals surface area (Å²) < 4.78 is 26.5. The van der Waals surface area contributed by atoms with E-state index in [4.69, 9.17) is 0 Å². The molecule has 1 aliphatic heterocycles. The quantitative estimate of drug-likeness (QED) is 0.894. The number of nitrogens with one attached hydrogen (secondary N) is 1. The number of aliphatic hydroxyl groups is 1. The van der Waals surface area contributed by atoms with Crippen molar-refractivity contribution in [3.63, 3.8) is 0 Å². The number of hydrogen-bond donors (Lipinski definition) is 2. The van der Waals surface area contributed by atoms with E-state index < -0.39 is 11.6 Å². The molecule has 2 fully saturated rings. The molecule has 1 saturated heterocycles. The van der Waals surface area contributed by atoms with Crippen molar-refractivity contribution in [2.24, 2.45) is 0 Å². The minimum absolute atomic E-state index is 0.179. The molecule has 1 saturated carbocycles. The van der Waals surface area contributed by atoms with Crippen molar-refractivity contribution in [1.82, 2.24) is 10.2 Å². The molecule has 2 N–H and O–H groups in total. The van der Waals surface area contributed by atoms with Crippen LogP contribution in [0.3, 0.4) is 0 Å². The Morgan fingerprint density at radius 1 is 1.09 bits per heavy atom. The monoisotopic (exact) mass is 324 g/mol. The Hall–Kier alpha value is -1.04. The lowest BCUT2D eigenvalue weighted by Gasteiger charge is -2.41. The molecular formula is C18H26F2N2O. The molecule has 3 rings (SSSR count). The van der Waals surface area contributed by atoms with Crippen LogP contribution in [0.15, 0.2) is 18.2 Å². The molecule has 0 bridgehead atoms. The van der Waals surface area contributed by atoms with E-state index in [1.54, 1.807) is 0 Å². The molecule has 1 heterocycles. The molecule has 0 radical (unpaired) electrons. The van der Waals surface area contributed by atoms with Crippen LogP contribution in [0.2, 0.25) is 0 Å². The fourth-order valence-corrected chi connectivity index (χ4v) is 3.87. The van der Waals surface area contributed by atoms with Crippen LogP contribution in [-0.4, -0.2) is 41.3 Å². The van der Waals surface area contributed by atoms with Gasteiger partial charge in [0, 0.05) is 43.3 Å². The molecule has 2 aliphatic rings. The normalized spacial score (nSPS) is 27.3. The van der Waals surface area contributed by atoms with Gasteiger partial charge in [-0.2, -0.15) is 0 Å². The van der Waals surface area contributed by atoms with Crippen LogP contribution in [0, 0.1) is 11.6 Å². The smallest absolute Gasteiger partial charge is 0.130 e. The van der Waals surface area contributed by atoms with E-state index in [1.807, 2.05) is 0 Å². The zero-order valence-electron chi connectivity index (χ0n) is 13.5. The van der Waals surface area contributed by atoms with Crippen molar-refractivity contribution < 1.29 is 13.9 Å². The third kappa shape index (κ3) is 4.28. The van der Waals surface area contributed by atoms with Gasteiger partial charge in [0.05, 0.1) is 6.10 Å². The molecule has 0 amide bonds. The summed E-state index contributed by atoms with van der Waals surface area (Å²) >= 11 is 0. The highest BCUT2D eigenvalue weighted by molar-refractivity contribution is 5.18. The second-order valence-corrected chi connectivity index (χ2v) is 6.85. The SMILES string of the molecule is OC1CCCCC1N1CCC(NCc2ccc(F)cc2F)CC1. The van der Waals surface area contributed by atoms with E-state index in [0.29, 0.717) is 24.2 Å². The van der Waals surface area contributed by atoms with E-state index in [2.05, 4.69) is 10.2 Å². The lowest BCUT2D eigenvalue weighted by molar-refractivity contribution is 0.00712. The van der Waals surface area contributed by atoms with Gasteiger partial charge in [-0.1, -0.05) is 18.9 Å². The number of nitrogens with zero attached hydrogens (tertiary/aromatic N) is 1. The summed E-state index contributed by atoms with van der Waals surface area (Å²) in [5.74, 6) is -1.02. The highest BCUT2D eigenvalue weighted by Gasteiger charge is 2.31. The third-order valence-electron chi connectivity index (χ3n) is 5.29. The number of halogens is 2. The predicted octanol–water partition coefficient (Wildman–Crippen LogP) is 2.82. The number of benzene rings is 1. The maximum Gasteiger partial charge on any atom is 0.130 e. The summed E-state index contributed by atoms with van der Waals surface area (Å²) in [6.07, 6.45) is 6.20. The molecule has 1 aromatic carbocycles. The molecule has 3 nitrogen and oxygen atoms in total. The van der Waals surface area contributed by atoms with Gasteiger partial charge in [-0.25, -0.2) is 8.78 Å². The molecule has 128 valence electrons. The minimum atomic E-state index is -0.536. The number of rotatable bonds is 4. The maximum atomic E-state index is 13.6. The Labute approximate surface area is 136 Å². The summed E-state index contributed by atoms with van der Waals surface area (Å²) in [6, 6.07) is 4.42. The Bertz CT molecular complexity index is 518. The van der Waals surface area contributed by atoms with Gasteiger partial charge < -0.3 is 10.4 Å². The van der Waals surface area contributed by atoms with Crippen LogP contribution >= 0.6 is 0 Å². The average molecular weight is 324 g/mol. The first-order valence-electron chi connectivity index (χ1n) is 8.73. The number of likely N-dealkylation sites (tertiary alicyclic amines) is 1. The zero-order chi connectivity index (χ0) is 16.2. The molecule has 1 aromatic rings. The van der Waals surface area contributed by atoms with Crippen molar-refractivity contribution in [2.45, 2.75) is 63.3 Å². The van der Waals surface area contributed by atoms with Gasteiger partial charge in [0.1, 0.15) is 11.6 Å². The van der Waals surface area contributed by atoms with Crippen LogP contribution in [0.5, 0.6) is 0 Å². The first-order valence-corrected chi connectivity index (χ1v) is 8.73. The summed E-state index contributed by atoms with van der Waals surface area (Å²) in [7, 11) is 0. The summed E-state index contributed by atoms with van der Waals surface area (Å²) in [5.41, 5.74) is 0.511. The van der Waals surface area contributed by atoms with Crippen LogP contribution < -0.4 is 5.32 Å². The lowest BCUT2D eigenvalue weighted by Crippen LogP contribution is -2.51. The largest absolute Gasteiger partial charge is 0.391 e. The average Bonchev–Trinajstić information content (AvgIpc) is 2.55. The molecule has 0 aromatic heterocycles. The van der Waals surface area contributed by atoms with Crippen molar-refractivity contribution in [3.8, 4) is 0 Å². The van der Waals surface area contributed by atoms with E-state index in [0.717, 1.165) is 51.3 Å². The first kappa shape index (κ1) is 16.8. The van der Waals surface area contributed by atoms with Crippen molar-refractivity contribution in [2.75, 3.05) is 13.1 Å². The summed E-state index contributed by atoms with van der Waals surface area (Å²) in [6.45, 7) is 2.39. The second kappa shape index (κ2) is 7.69. The predicted molar refractivity (Wildman–Crippen MR) is 86.1 cm³/mol. The molecule has 23 heavy (non-hydrogen) atoms. The Kier molecular flexibility index (Phi) is 5.62. The first-order chi connectivity index (χ1) is 11.1. The fourth-order valence-electron chi connectivity index (χ4n) is 3.87. The van der Waals surface area contributed by atoms with Gasteiger partial charge in [0.25, 0.3) is 0 Å². The van der Waals surface area contributed by atoms with Gasteiger partial charge in [0.2, 0.25) is 0 Å². The molecule has 1 aliphatic carbocycles. The number of piperidine rings is 1. The van der Waals surface area contributed by atoms with Crippen LogP contribution in [0.4, 0.5) is 8.78 Å². The standard InChI is InChI=1S/C18H26F2N2O/c19-14-6-5-13(16(20)11-14)12-21-15-7-9-22(10-8-15)17-3-1-2-4-18(17)23/h5-6,11,15,17-18,21,23H,1-4,7-10,12H2. The second-order valence-electron chi connectivity index (χ2n) is 6.85. The maximum absolute atomic E-state index is 13.6. The van der Waals surface area contributed by atoms with Gasteiger partial charge in [-0.05, 0) is 31.7 Å². The zero-order valence-corrected chi connectivity index (χ0v) is 13.5. The van der Waals surface area contributed by atoms with Gasteiger partial charge in [0.15, 0.2) is 0 Å². The Morgan fingerprint density at radius 2 is 1.83 bits per heavy atom. The van der Waals surface area contributed by atoms with Crippen molar-refractivity contribution >= 4 is 0 Å². The van der Waals surface area contributed by atoms with E-state index in [-0.39, 0.29) is 6.10 Å². The van der Waals surface area contributed by atoms with Crippen molar-refractivity contribution in [3.05, 3.63) is 35.4 Å². The number of aliphatic hydroxyl groups excluding tert-OH is 1. The third-order valence-corrected chi connectivity index (χ3v) is 5.29. The summed E-state index contributed by atoms with van der Waals surface area (Å²) in [4.78, 5) is 2.42. The molecule has 2 unspecified atom stereocenters. The molecule has 2 atom stereocenters. The van der Waals surface area contributed by atoms with E-state index in [9.17, 15) is 13.9 Å². The highest BCUT2D eigenvalue weighted by Crippen LogP contribution is 2.26. The van der Waals surface area contributed by atoms with Gasteiger partial charge in [-0.3, -0.25) is 4.90 Å². The Balaban J connectivity index is 1.45. The minimum Gasteiger partial charge on any atom is -0.391 e. The van der Waals surface area contributed by atoms with Crippen LogP contribution in [0.1, 0.15) is 44.1 Å². The summed E-state index contributed by atoms with van der Waals surface area (Å²) in [5, 5.41) is 13.5. The number of hydrogen-bond acceptors (Lipinski definition) is 3. The molecule has 5 heteroatoms. The highest BCUT2D eigenvalue weighted by atomic mass is 19.1. The topological polar surface area (TPSA) is 35.5 Å². The lowest BCUT2D eigenvalue weighted by atomic mass is 9.89. The van der Waals surface area contributed by atoms with Crippen molar-refractivity contribution in [1.29, 1.82) is 0 Å². The molecule has 0 spiro atoms. The fraction of sp³-hybridized carbons (Fsp3) is 0.667. The molecular weight excluding hydrogens is 298 g/mol. The van der Waals surface area contributed by atoms with Crippen LogP contribution in [0.25, 0.3) is 0 Å². The van der Waals surface area contributed by atoms with Gasteiger partial charge >= 0.3 is 0 Å². The van der Waals surface area contributed by atoms with E-state index in [1.165, 1.54) is 18.6 Å². The van der Waals surface area contributed by atoms with Gasteiger partial charge in [-0.15, -0.1) is 0 Å². The van der Waals surface area contributed by atoms with E-state index >= 15 is 0 Å². The van der Waals surface area contributed by atoms with Crippen LogP contribution in [-0.2, 0) is 6.54 Å².